The van der Waals surface area contributed by atoms with Crippen molar-refractivity contribution in [1.82, 2.24) is 0 Å². The molecule has 1 unspecified atom stereocenters. The van der Waals surface area contributed by atoms with Gasteiger partial charge in [0.1, 0.15) is 6.61 Å². The maximum absolute atomic E-state index is 12.2. The molecule has 0 spiro atoms. The number of nitrogens with zero attached hydrogens (tertiary/aromatic N) is 2. The number of aliphatic imine (C=N–C) groups is 1. The first kappa shape index (κ1) is 14.9. The van der Waals surface area contributed by atoms with Gasteiger partial charge in [-0.25, -0.2) is 4.79 Å². The van der Waals surface area contributed by atoms with Crippen LogP contribution in [0.5, 0.6) is 0 Å². The summed E-state index contributed by atoms with van der Waals surface area (Å²) in [5.74, 6) is 0.532. The van der Waals surface area contributed by atoms with Crippen molar-refractivity contribution in [2.75, 3.05) is 23.9 Å². The summed E-state index contributed by atoms with van der Waals surface area (Å²) >= 11 is 0. The molecule has 1 aromatic carbocycles. The van der Waals surface area contributed by atoms with Gasteiger partial charge in [-0.15, -0.1) is 0 Å². The van der Waals surface area contributed by atoms with Crippen molar-refractivity contribution in [1.29, 1.82) is 0 Å². The van der Waals surface area contributed by atoms with Gasteiger partial charge >= 0.3 is 6.09 Å². The van der Waals surface area contributed by atoms with Crippen LogP contribution in [-0.4, -0.2) is 32.5 Å². The number of anilines is 2. The largest absolute Gasteiger partial charge is 0.447 e. The van der Waals surface area contributed by atoms with Crippen LogP contribution in [0.25, 0.3) is 0 Å². The Morgan fingerprint density at radius 2 is 2.09 bits per heavy atom. The van der Waals surface area contributed by atoms with Gasteiger partial charge in [-0.05, 0) is 43.7 Å². The second-order valence-electron chi connectivity index (χ2n) is 6.02. The molecule has 1 aliphatic heterocycles. The maximum Gasteiger partial charge on any atom is 0.414 e. The highest BCUT2D eigenvalue weighted by Gasteiger charge is 2.39. The van der Waals surface area contributed by atoms with Gasteiger partial charge in [0.15, 0.2) is 0 Å². The Morgan fingerprint density at radius 1 is 1.32 bits per heavy atom. The van der Waals surface area contributed by atoms with Gasteiger partial charge in [-0.3, -0.25) is 9.89 Å². The van der Waals surface area contributed by atoms with E-state index >= 15 is 0 Å². The molecule has 1 saturated carbocycles. The van der Waals surface area contributed by atoms with Crippen LogP contribution >= 0.6 is 0 Å². The summed E-state index contributed by atoms with van der Waals surface area (Å²) in [5, 5.41) is 3.08. The number of carbonyl (C=O) groups is 1. The van der Waals surface area contributed by atoms with Crippen molar-refractivity contribution >= 4 is 29.9 Å². The number of hydrogen-bond acceptors (Lipinski definition) is 4. The van der Waals surface area contributed by atoms with Crippen molar-refractivity contribution < 1.29 is 9.53 Å². The Balaban J connectivity index is 1.90. The van der Waals surface area contributed by atoms with E-state index in [4.69, 9.17) is 4.74 Å². The fraction of sp³-hybridized carbons (Fsp3) is 0.529. The van der Waals surface area contributed by atoms with Crippen LogP contribution in [0.2, 0.25) is 0 Å². The Hall–Kier alpha value is -2.04. The van der Waals surface area contributed by atoms with E-state index < -0.39 is 0 Å². The molecule has 22 heavy (non-hydrogen) atoms. The molecule has 118 valence electrons. The molecule has 0 bridgehead atoms. The smallest absolute Gasteiger partial charge is 0.414 e. The van der Waals surface area contributed by atoms with Crippen molar-refractivity contribution in [2.24, 2.45) is 10.9 Å². The summed E-state index contributed by atoms with van der Waals surface area (Å²) in [4.78, 5) is 18.1. The Kier molecular flexibility index (Phi) is 4.32. The number of amides is 1. The van der Waals surface area contributed by atoms with Crippen molar-refractivity contribution in [3.63, 3.8) is 0 Å². The fourth-order valence-corrected chi connectivity index (χ4v) is 3.61. The lowest BCUT2D eigenvalue weighted by Crippen LogP contribution is -2.40. The number of benzene rings is 1. The summed E-state index contributed by atoms with van der Waals surface area (Å²) in [7, 11) is 1.85. The van der Waals surface area contributed by atoms with E-state index in [1.165, 1.54) is 32.1 Å². The summed E-state index contributed by atoms with van der Waals surface area (Å²) in [5.41, 5.74) is 2.50. The highest BCUT2D eigenvalue weighted by atomic mass is 16.6. The van der Waals surface area contributed by atoms with Gasteiger partial charge in [-0.2, -0.15) is 0 Å². The van der Waals surface area contributed by atoms with Crippen LogP contribution < -0.4 is 10.2 Å². The second kappa shape index (κ2) is 6.38. The van der Waals surface area contributed by atoms with Crippen LogP contribution in [-0.2, 0) is 4.74 Å². The molecule has 1 heterocycles. The predicted molar refractivity (Wildman–Crippen MR) is 89.4 cm³/mol. The molecule has 1 N–H and O–H groups in total. The van der Waals surface area contributed by atoms with Gasteiger partial charge in [0.25, 0.3) is 0 Å². The number of carbonyl (C=O) groups excluding carboxylic acids is 1. The van der Waals surface area contributed by atoms with E-state index in [9.17, 15) is 4.79 Å². The summed E-state index contributed by atoms with van der Waals surface area (Å²) in [6.07, 6.45) is 5.92. The molecule has 2 fully saturated rings. The zero-order valence-electron chi connectivity index (χ0n) is 13.0. The molecule has 1 aliphatic carbocycles. The first-order valence-electron chi connectivity index (χ1n) is 7.99. The van der Waals surface area contributed by atoms with Crippen molar-refractivity contribution in [2.45, 2.75) is 38.1 Å². The normalized spacial score (nSPS) is 22.5. The number of cyclic esters (lactones) is 1. The van der Waals surface area contributed by atoms with E-state index in [0.717, 1.165) is 17.1 Å². The minimum atomic E-state index is -0.247. The molecular formula is C17H23N3O2. The number of rotatable bonds is 4. The van der Waals surface area contributed by atoms with Crippen molar-refractivity contribution in [3.8, 4) is 0 Å². The minimum absolute atomic E-state index is 0.144. The molecule has 0 radical (unpaired) electrons. The Labute approximate surface area is 131 Å². The first-order valence-corrected chi connectivity index (χ1v) is 7.99. The van der Waals surface area contributed by atoms with E-state index in [1.807, 2.05) is 30.1 Å². The van der Waals surface area contributed by atoms with Gasteiger partial charge in [0.2, 0.25) is 0 Å². The molecule has 0 aromatic heterocycles. The average molecular weight is 301 g/mol. The molecule has 2 aliphatic rings. The van der Waals surface area contributed by atoms with Gasteiger partial charge in [-0.1, -0.05) is 19.3 Å². The number of hydrogen-bond donors (Lipinski definition) is 1. The van der Waals surface area contributed by atoms with E-state index in [1.54, 1.807) is 0 Å². The summed E-state index contributed by atoms with van der Waals surface area (Å²) in [6, 6.07) is 5.93. The van der Waals surface area contributed by atoms with E-state index in [-0.39, 0.29) is 12.1 Å². The highest BCUT2D eigenvalue weighted by molar-refractivity contribution is 5.92. The van der Waals surface area contributed by atoms with Crippen molar-refractivity contribution in [3.05, 3.63) is 18.2 Å². The number of ether oxygens (including phenoxy) is 1. The first-order chi connectivity index (χ1) is 10.7. The SMILES string of the molecule is C=Nc1cc(N2C(=O)OCC2C2CCCCC2)ccc1NC. The third-order valence-electron chi connectivity index (χ3n) is 4.80. The van der Waals surface area contributed by atoms with Crippen LogP contribution in [0, 0.1) is 5.92 Å². The standard InChI is InChI=1S/C17H23N3O2/c1-18-14-9-8-13(10-15(14)19-2)20-16(11-22-17(20)21)12-6-4-3-5-7-12/h8-10,12,16,18H,2-7,11H2,1H3. The fourth-order valence-electron chi connectivity index (χ4n) is 3.61. The zero-order valence-corrected chi connectivity index (χ0v) is 13.0. The van der Waals surface area contributed by atoms with E-state index in [2.05, 4.69) is 17.0 Å². The van der Waals surface area contributed by atoms with Gasteiger partial charge in [0, 0.05) is 12.7 Å². The molecule has 5 heteroatoms. The van der Waals surface area contributed by atoms with Crippen LogP contribution in [0.15, 0.2) is 23.2 Å². The summed E-state index contributed by atoms with van der Waals surface area (Å²) < 4.78 is 5.34. The maximum atomic E-state index is 12.2. The predicted octanol–water partition coefficient (Wildman–Crippen LogP) is 3.97. The monoisotopic (exact) mass is 301 g/mol. The van der Waals surface area contributed by atoms with Crippen LogP contribution in [0.4, 0.5) is 21.9 Å². The lowest BCUT2D eigenvalue weighted by molar-refractivity contribution is 0.173. The zero-order chi connectivity index (χ0) is 15.5. The minimum Gasteiger partial charge on any atom is -0.447 e. The van der Waals surface area contributed by atoms with Gasteiger partial charge < -0.3 is 10.1 Å². The molecular weight excluding hydrogens is 278 g/mol. The molecule has 1 atom stereocenters. The molecule has 3 rings (SSSR count). The molecule has 1 aromatic rings. The molecule has 1 saturated heterocycles. The van der Waals surface area contributed by atoms with E-state index in [0.29, 0.717) is 12.5 Å². The number of nitrogens with one attached hydrogen (secondary N) is 1. The Morgan fingerprint density at radius 3 is 2.77 bits per heavy atom. The third-order valence-corrected chi connectivity index (χ3v) is 4.80. The summed E-state index contributed by atoms with van der Waals surface area (Å²) in [6.45, 7) is 4.10. The van der Waals surface area contributed by atoms with Crippen LogP contribution in [0.1, 0.15) is 32.1 Å². The van der Waals surface area contributed by atoms with Gasteiger partial charge in [0.05, 0.1) is 17.4 Å². The molecule has 1 amide bonds. The Bertz CT molecular complexity index is 567. The second-order valence-corrected chi connectivity index (χ2v) is 6.02. The quantitative estimate of drug-likeness (QED) is 0.856. The third kappa shape index (κ3) is 2.67. The lowest BCUT2D eigenvalue weighted by Gasteiger charge is -2.31. The molecule has 5 nitrogen and oxygen atoms in total. The lowest BCUT2D eigenvalue weighted by atomic mass is 9.83. The average Bonchev–Trinajstić information content (AvgIpc) is 2.96. The topological polar surface area (TPSA) is 53.9 Å². The highest BCUT2D eigenvalue weighted by Crippen LogP contribution is 2.37. The van der Waals surface area contributed by atoms with Crippen LogP contribution in [0.3, 0.4) is 0 Å².